The summed E-state index contributed by atoms with van der Waals surface area (Å²) in [6.07, 6.45) is 2.21. The number of nitrogens with zero attached hydrogens (tertiary/aromatic N) is 3. The van der Waals surface area contributed by atoms with Gasteiger partial charge in [-0.1, -0.05) is 0 Å². The van der Waals surface area contributed by atoms with Crippen molar-refractivity contribution in [3.63, 3.8) is 0 Å². The molecule has 2 aliphatic rings. The third-order valence-corrected chi connectivity index (χ3v) is 3.31. The van der Waals surface area contributed by atoms with Gasteiger partial charge in [0.05, 0.1) is 11.9 Å². The molecule has 0 radical (unpaired) electrons. The Hall–Kier alpha value is -1.67. The molecule has 1 N–H and O–H groups in total. The Morgan fingerprint density at radius 2 is 2.25 bits per heavy atom. The van der Waals surface area contributed by atoms with Crippen molar-refractivity contribution in [1.82, 2.24) is 10.3 Å². The molecule has 82 valence electrons. The average Bonchev–Trinajstić information content (AvgIpc) is 2.30. The van der Waals surface area contributed by atoms with Crippen LogP contribution in [0.1, 0.15) is 12.1 Å². The fourth-order valence-electron chi connectivity index (χ4n) is 2.59. The second-order valence-corrected chi connectivity index (χ2v) is 4.24. The topological polar surface area (TPSA) is 52.0 Å². The maximum Gasteiger partial charge on any atom is 0.164 e. The molecule has 2 fully saturated rings. The molecular formula is C11H11FN4. The highest BCUT2D eigenvalue weighted by Gasteiger charge is 2.42. The second kappa shape index (κ2) is 3.42. The summed E-state index contributed by atoms with van der Waals surface area (Å²) in [7, 11) is 0. The third kappa shape index (κ3) is 1.27. The summed E-state index contributed by atoms with van der Waals surface area (Å²) >= 11 is 0. The molecule has 0 aromatic carbocycles. The van der Waals surface area contributed by atoms with Gasteiger partial charge in [0.2, 0.25) is 0 Å². The Kier molecular flexibility index (Phi) is 2.04. The van der Waals surface area contributed by atoms with Gasteiger partial charge in [-0.15, -0.1) is 0 Å². The van der Waals surface area contributed by atoms with Gasteiger partial charge in [-0.2, -0.15) is 5.26 Å². The van der Waals surface area contributed by atoms with E-state index in [4.69, 9.17) is 5.26 Å². The maximum absolute atomic E-state index is 13.2. The van der Waals surface area contributed by atoms with E-state index in [1.54, 1.807) is 0 Å². The Morgan fingerprint density at radius 1 is 1.50 bits per heavy atom. The lowest BCUT2D eigenvalue weighted by atomic mass is 9.88. The molecule has 5 heteroatoms. The largest absolute Gasteiger partial charge is 0.360 e. The molecule has 2 aliphatic heterocycles. The van der Waals surface area contributed by atoms with E-state index in [1.807, 2.05) is 6.07 Å². The van der Waals surface area contributed by atoms with Crippen LogP contribution in [0.2, 0.25) is 0 Å². The van der Waals surface area contributed by atoms with Gasteiger partial charge in [0.1, 0.15) is 11.9 Å². The third-order valence-electron chi connectivity index (χ3n) is 3.31. The molecule has 0 saturated carbocycles. The zero-order valence-corrected chi connectivity index (χ0v) is 8.65. The summed E-state index contributed by atoms with van der Waals surface area (Å²) in [6, 6.07) is 4.20. The summed E-state index contributed by atoms with van der Waals surface area (Å²) in [5.74, 6) is -0.382. The van der Waals surface area contributed by atoms with Crippen LogP contribution >= 0.6 is 0 Å². The molecule has 0 amide bonds. The van der Waals surface area contributed by atoms with Gasteiger partial charge in [-0.3, -0.25) is 0 Å². The van der Waals surface area contributed by atoms with Gasteiger partial charge >= 0.3 is 0 Å². The van der Waals surface area contributed by atoms with Gasteiger partial charge in [-0.25, -0.2) is 9.37 Å². The maximum atomic E-state index is 13.2. The first-order valence-corrected chi connectivity index (χ1v) is 5.34. The summed E-state index contributed by atoms with van der Waals surface area (Å²) in [5, 5.41) is 12.3. The van der Waals surface area contributed by atoms with Crippen molar-refractivity contribution in [2.45, 2.75) is 18.5 Å². The van der Waals surface area contributed by atoms with Gasteiger partial charge < -0.3 is 10.2 Å². The summed E-state index contributed by atoms with van der Waals surface area (Å²) in [5.41, 5.74) is 0.961. The van der Waals surface area contributed by atoms with E-state index in [0.717, 1.165) is 25.7 Å². The lowest BCUT2D eigenvalue weighted by Gasteiger charge is -2.54. The highest BCUT2D eigenvalue weighted by atomic mass is 19.1. The zero-order valence-electron chi connectivity index (χ0n) is 8.65. The highest BCUT2D eigenvalue weighted by molar-refractivity contribution is 5.60. The van der Waals surface area contributed by atoms with Gasteiger partial charge in [-0.05, 0) is 6.42 Å². The number of pyridine rings is 1. The van der Waals surface area contributed by atoms with E-state index in [0.29, 0.717) is 23.5 Å². The van der Waals surface area contributed by atoms with E-state index in [1.165, 1.54) is 6.07 Å². The Labute approximate surface area is 92.7 Å². The van der Waals surface area contributed by atoms with Gasteiger partial charge in [0.25, 0.3) is 0 Å². The Bertz CT molecular complexity index is 454. The molecule has 1 aromatic heterocycles. The SMILES string of the molecule is N#Cc1ncc(F)cc1N1C2CNCC1C2. The number of piperidine rings is 1. The van der Waals surface area contributed by atoms with E-state index in [9.17, 15) is 4.39 Å². The van der Waals surface area contributed by atoms with Crippen molar-refractivity contribution in [2.24, 2.45) is 0 Å². The number of piperazine rings is 1. The van der Waals surface area contributed by atoms with Crippen molar-refractivity contribution in [2.75, 3.05) is 18.0 Å². The van der Waals surface area contributed by atoms with Crippen LogP contribution in [-0.2, 0) is 0 Å². The van der Waals surface area contributed by atoms with Crippen molar-refractivity contribution >= 4 is 5.69 Å². The van der Waals surface area contributed by atoms with Crippen LogP contribution in [0.3, 0.4) is 0 Å². The number of halogens is 1. The molecule has 16 heavy (non-hydrogen) atoms. The Morgan fingerprint density at radius 3 is 2.88 bits per heavy atom. The number of aromatic nitrogens is 1. The number of nitrogens with one attached hydrogen (secondary N) is 1. The molecule has 1 aromatic rings. The van der Waals surface area contributed by atoms with Crippen LogP contribution in [0.15, 0.2) is 12.3 Å². The van der Waals surface area contributed by atoms with Crippen LogP contribution in [0.25, 0.3) is 0 Å². The number of rotatable bonds is 1. The fourth-order valence-corrected chi connectivity index (χ4v) is 2.59. The minimum absolute atomic E-state index is 0.318. The van der Waals surface area contributed by atoms with Crippen LogP contribution < -0.4 is 10.2 Å². The van der Waals surface area contributed by atoms with Gasteiger partial charge in [0, 0.05) is 31.2 Å². The minimum Gasteiger partial charge on any atom is -0.360 e. The summed E-state index contributed by atoms with van der Waals surface area (Å²) < 4.78 is 13.2. The number of nitriles is 1. The van der Waals surface area contributed by atoms with Crippen molar-refractivity contribution in [1.29, 1.82) is 5.26 Å². The number of fused-ring (bicyclic) bond motifs is 2. The first kappa shape index (κ1) is 9.55. The monoisotopic (exact) mass is 218 g/mol. The van der Waals surface area contributed by atoms with E-state index in [2.05, 4.69) is 15.2 Å². The molecule has 2 atom stereocenters. The molecule has 3 heterocycles. The Balaban J connectivity index is 2.00. The first-order chi connectivity index (χ1) is 7.79. The minimum atomic E-state index is -0.382. The summed E-state index contributed by atoms with van der Waals surface area (Å²) in [6.45, 7) is 1.80. The molecule has 2 unspecified atom stereocenters. The standard InChI is InChI=1S/C11H11FN4/c12-7-1-11(10(3-13)15-4-7)16-8-2-9(16)6-14-5-8/h1,4,8-9,14H,2,5-6H2. The summed E-state index contributed by atoms with van der Waals surface area (Å²) in [4.78, 5) is 5.94. The lowest BCUT2D eigenvalue weighted by Crippen LogP contribution is -2.68. The number of hydrogen-bond acceptors (Lipinski definition) is 4. The molecule has 3 rings (SSSR count). The van der Waals surface area contributed by atoms with Crippen LogP contribution in [0.5, 0.6) is 0 Å². The quantitative estimate of drug-likeness (QED) is 0.751. The average molecular weight is 218 g/mol. The van der Waals surface area contributed by atoms with E-state index >= 15 is 0 Å². The molecule has 4 nitrogen and oxygen atoms in total. The van der Waals surface area contributed by atoms with Crippen molar-refractivity contribution < 1.29 is 4.39 Å². The highest BCUT2D eigenvalue weighted by Crippen LogP contribution is 2.35. The fraction of sp³-hybridized carbons (Fsp3) is 0.455. The predicted octanol–water partition coefficient (Wildman–Crippen LogP) is 0.643. The first-order valence-electron chi connectivity index (χ1n) is 5.34. The van der Waals surface area contributed by atoms with Crippen molar-refractivity contribution in [3.05, 3.63) is 23.8 Å². The normalized spacial score (nSPS) is 27.1. The molecule has 2 bridgehead atoms. The molecule has 2 saturated heterocycles. The van der Waals surface area contributed by atoms with Crippen LogP contribution in [0, 0.1) is 17.1 Å². The zero-order chi connectivity index (χ0) is 11.1. The number of hydrogen-bond donors (Lipinski definition) is 1. The molecular weight excluding hydrogens is 207 g/mol. The molecule has 0 aliphatic carbocycles. The van der Waals surface area contributed by atoms with Gasteiger partial charge in [0.15, 0.2) is 5.69 Å². The molecule has 0 spiro atoms. The predicted molar refractivity (Wildman–Crippen MR) is 56.5 cm³/mol. The van der Waals surface area contributed by atoms with Crippen LogP contribution in [0.4, 0.5) is 10.1 Å². The lowest BCUT2D eigenvalue weighted by molar-refractivity contribution is 0.262. The second-order valence-electron chi connectivity index (χ2n) is 4.24. The van der Waals surface area contributed by atoms with E-state index in [-0.39, 0.29) is 5.82 Å². The number of anilines is 1. The van der Waals surface area contributed by atoms with Crippen molar-refractivity contribution in [3.8, 4) is 6.07 Å². The van der Waals surface area contributed by atoms with E-state index < -0.39 is 0 Å². The smallest absolute Gasteiger partial charge is 0.164 e. The van der Waals surface area contributed by atoms with Crippen LogP contribution in [-0.4, -0.2) is 30.2 Å².